The first-order valence-corrected chi connectivity index (χ1v) is 12.0. The minimum atomic E-state index is -0.660. The van der Waals surface area contributed by atoms with Gasteiger partial charge in [0.05, 0.1) is 38.7 Å². The van der Waals surface area contributed by atoms with Crippen LogP contribution < -0.4 is 24.4 Å². The highest BCUT2D eigenvalue weighted by Crippen LogP contribution is 2.52. The van der Waals surface area contributed by atoms with E-state index in [1.54, 1.807) is 27.4 Å². The number of ketones is 1. The first kappa shape index (κ1) is 23.3. The molecular formula is C28H32N2O5. The van der Waals surface area contributed by atoms with Crippen LogP contribution in [-0.2, 0) is 9.59 Å². The van der Waals surface area contributed by atoms with Gasteiger partial charge in [-0.05, 0) is 42.9 Å². The van der Waals surface area contributed by atoms with Gasteiger partial charge in [0.15, 0.2) is 17.3 Å². The van der Waals surface area contributed by atoms with Crippen LogP contribution in [0.25, 0.3) is 0 Å². The lowest BCUT2D eigenvalue weighted by Gasteiger charge is -2.37. The molecule has 2 aromatic rings. The summed E-state index contributed by atoms with van der Waals surface area (Å²) in [4.78, 5) is 29.6. The molecule has 184 valence electrons. The van der Waals surface area contributed by atoms with E-state index >= 15 is 0 Å². The summed E-state index contributed by atoms with van der Waals surface area (Å²) in [5, 5.41) is 3.55. The normalized spacial score (nSPS) is 20.9. The number of amides is 1. The Hall–Kier alpha value is -3.48. The molecule has 1 heterocycles. The van der Waals surface area contributed by atoms with Crippen molar-refractivity contribution in [3.63, 3.8) is 0 Å². The number of nitrogens with one attached hydrogen (secondary N) is 1. The number of carbonyl (C=O) groups excluding carboxylic acids is 2. The number of hydrogen-bond acceptors (Lipinski definition) is 6. The molecule has 3 aliphatic rings. The second-order valence-corrected chi connectivity index (χ2v) is 10.3. The fourth-order valence-electron chi connectivity index (χ4n) is 5.32. The monoisotopic (exact) mass is 476 g/mol. The Labute approximate surface area is 206 Å². The predicted molar refractivity (Wildman–Crippen MR) is 134 cm³/mol. The summed E-state index contributed by atoms with van der Waals surface area (Å²) in [7, 11) is 4.73. The number of benzene rings is 2. The lowest BCUT2D eigenvalue weighted by Crippen LogP contribution is -2.40. The van der Waals surface area contributed by atoms with Gasteiger partial charge in [0.25, 0.3) is 0 Å². The van der Waals surface area contributed by atoms with Gasteiger partial charge in [-0.2, -0.15) is 0 Å². The quantitative estimate of drug-likeness (QED) is 0.634. The minimum absolute atomic E-state index is 0.0208. The summed E-state index contributed by atoms with van der Waals surface area (Å²) in [6.07, 6.45) is 2.81. The maximum Gasteiger partial charge on any atom is 0.231 e. The Balaban J connectivity index is 1.82. The molecule has 0 unspecified atom stereocenters. The molecule has 5 rings (SSSR count). The molecule has 1 fully saturated rings. The molecule has 1 atom stereocenters. The van der Waals surface area contributed by atoms with Crippen LogP contribution in [0.3, 0.4) is 0 Å². The van der Waals surface area contributed by atoms with Gasteiger partial charge >= 0.3 is 0 Å². The number of anilines is 2. The molecule has 2 aromatic carbocycles. The molecule has 1 amide bonds. The van der Waals surface area contributed by atoms with E-state index in [2.05, 4.69) is 19.2 Å². The number of hydrogen-bond donors (Lipinski definition) is 1. The number of methoxy groups -OCH3 is 3. The molecule has 0 saturated heterocycles. The van der Waals surface area contributed by atoms with Crippen molar-refractivity contribution in [2.45, 2.75) is 45.6 Å². The Morgan fingerprint density at radius 1 is 0.971 bits per heavy atom. The second kappa shape index (κ2) is 8.63. The SMILES string of the molecule is COc1cc(OC)c([C@H]2C3=C(CC(C)(C)CC3=O)Nc3ccccc3N2C(=O)C2CC2)cc1OC. The van der Waals surface area contributed by atoms with Gasteiger partial charge in [-0.3, -0.25) is 14.5 Å². The zero-order chi connectivity index (χ0) is 24.9. The summed E-state index contributed by atoms with van der Waals surface area (Å²) in [6.45, 7) is 4.21. The lowest BCUT2D eigenvalue weighted by molar-refractivity contribution is -0.120. The highest BCUT2D eigenvalue weighted by molar-refractivity contribution is 6.07. The van der Waals surface area contributed by atoms with E-state index in [0.29, 0.717) is 41.2 Å². The van der Waals surface area contributed by atoms with Gasteiger partial charge in [-0.25, -0.2) is 0 Å². The molecule has 35 heavy (non-hydrogen) atoms. The molecule has 0 bridgehead atoms. The van der Waals surface area contributed by atoms with Gasteiger partial charge in [0.2, 0.25) is 5.91 Å². The Bertz CT molecular complexity index is 1230. The third-order valence-corrected chi connectivity index (χ3v) is 7.10. The van der Waals surface area contributed by atoms with E-state index < -0.39 is 6.04 Å². The number of para-hydroxylation sites is 2. The fourth-order valence-corrected chi connectivity index (χ4v) is 5.32. The number of allylic oxidation sites excluding steroid dienone is 1. The van der Waals surface area contributed by atoms with Crippen LogP contribution in [0.1, 0.15) is 51.1 Å². The van der Waals surface area contributed by atoms with Crippen molar-refractivity contribution in [2.24, 2.45) is 11.3 Å². The van der Waals surface area contributed by atoms with Crippen LogP contribution in [0.15, 0.2) is 47.7 Å². The van der Waals surface area contributed by atoms with Gasteiger partial charge in [0.1, 0.15) is 5.75 Å². The van der Waals surface area contributed by atoms with Crippen LogP contribution in [0, 0.1) is 11.3 Å². The van der Waals surface area contributed by atoms with Crippen LogP contribution in [0.2, 0.25) is 0 Å². The fraction of sp³-hybridized carbons (Fsp3) is 0.429. The van der Waals surface area contributed by atoms with Crippen molar-refractivity contribution in [1.82, 2.24) is 0 Å². The summed E-state index contributed by atoms with van der Waals surface area (Å²) >= 11 is 0. The molecule has 1 aliphatic heterocycles. The van der Waals surface area contributed by atoms with E-state index in [1.807, 2.05) is 35.2 Å². The summed E-state index contributed by atoms with van der Waals surface area (Å²) in [6, 6.07) is 10.7. The standard InChI is InChI=1S/C28H32N2O5/c1-28(2)14-19-25(21(31)15-28)26(17-12-23(34-4)24(35-5)13-22(17)33-3)30(27(32)16-10-11-16)20-9-7-6-8-18(20)29-19/h6-9,12-13,16,26,29H,10-11,14-15H2,1-5H3/t26-/m0/s1. The molecule has 2 aliphatic carbocycles. The number of carbonyl (C=O) groups is 2. The van der Waals surface area contributed by atoms with Crippen LogP contribution in [0.5, 0.6) is 17.2 Å². The van der Waals surface area contributed by atoms with Gasteiger partial charge in [-0.15, -0.1) is 0 Å². The summed E-state index contributed by atoms with van der Waals surface area (Å²) in [5.74, 6) is 1.57. The van der Waals surface area contributed by atoms with Gasteiger partial charge in [0, 0.05) is 35.2 Å². The van der Waals surface area contributed by atoms with Crippen molar-refractivity contribution >= 4 is 23.1 Å². The van der Waals surface area contributed by atoms with Crippen molar-refractivity contribution in [1.29, 1.82) is 0 Å². The number of ether oxygens (including phenoxy) is 3. The highest BCUT2D eigenvalue weighted by atomic mass is 16.5. The van der Waals surface area contributed by atoms with Crippen molar-refractivity contribution < 1.29 is 23.8 Å². The van der Waals surface area contributed by atoms with E-state index in [4.69, 9.17) is 14.2 Å². The molecule has 1 N–H and O–H groups in total. The van der Waals surface area contributed by atoms with Gasteiger partial charge in [-0.1, -0.05) is 26.0 Å². The zero-order valence-electron chi connectivity index (χ0n) is 20.9. The number of Topliss-reactive ketones (excluding diaryl/α,β-unsaturated/α-hetero) is 1. The Morgan fingerprint density at radius 3 is 2.29 bits per heavy atom. The predicted octanol–water partition coefficient (Wildman–Crippen LogP) is 5.27. The van der Waals surface area contributed by atoms with Crippen molar-refractivity contribution in [2.75, 3.05) is 31.5 Å². The van der Waals surface area contributed by atoms with Crippen LogP contribution >= 0.6 is 0 Å². The molecule has 7 nitrogen and oxygen atoms in total. The van der Waals surface area contributed by atoms with Crippen LogP contribution in [-0.4, -0.2) is 33.0 Å². The van der Waals surface area contributed by atoms with Crippen molar-refractivity contribution in [3.05, 3.63) is 53.2 Å². The molecule has 0 radical (unpaired) electrons. The number of rotatable bonds is 5. The van der Waals surface area contributed by atoms with E-state index in [9.17, 15) is 9.59 Å². The molecule has 0 aromatic heterocycles. The lowest BCUT2D eigenvalue weighted by atomic mass is 9.73. The second-order valence-electron chi connectivity index (χ2n) is 10.3. The molecule has 7 heteroatoms. The molecule has 1 saturated carbocycles. The van der Waals surface area contributed by atoms with Gasteiger partial charge < -0.3 is 19.5 Å². The maximum atomic E-state index is 13.9. The largest absolute Gasteiger partial charge is 0.496 e. The Morgan fingerprint density at radius 2 is 1.63 bits per heavy atom. The topological polar surface area (TPSA) is 77.1 Å². The third kappa shape index (κ3) is 4.03. The highest BCUT2D eigenvalue weighted by Gasteiger charge is 2.47. The third-order valence-electron chi connectivity index (χ3n) is 7.10. The van der Waals surface area contributed by atoms with Crippen molar-refractivity contribution in [3.8, 4) is 17.2 Å². The van der Waals surface area contributed by atoms with E-state index in [-0.39, 0.29) is 23.0 Å². The number of nitrogens with zero attached hydrogens (tertiary/aromatic N) is 1. The first-order valence-electron chi connectivity index (χ1n) is 12.0. The average Bonchev–Trinajstić information content (AvgIpc) is 3.68. The summed E-state index contributed by atoms with van der Waals surface area (Å²) in [5.41, 5.74) is 3.54. The van der Waals surface area contributed by atoms with E-state index in [1.165, 1.54) is 0 Å². The van der Waals surface area contributed by atoms with Crippen LogP contribution in [0.4, 0.5) is 11.4 Å². The van der Waals surface area contributed by atoms with E-state index in [0.717, 1.165) is 29.9 Å². The smallest absolute Gasteiger partial charge is 0.231 e. The molecular weight excluding hydrogens is 444 g/mol. The average molecular weight is 477 g/mol. The maximum absolute atomic E-state index is 13.9. The number of fused-ring (bicyclic) bond motifs is 1. The minimum Gasteiger partial charge on any atom is -0.496 e. The Kier molecular flexibility index (Phi) is 5.74. The zero-order valence-corrected chi connectivity index (χ0v) is 20.9. The first-order chi connectivity index (χ1) is 16.8. The summed E-state index contributed by atoms with van der Waals surface area (Å²) < 4.78 is 16.9. The molecule has 0 spiro atoms.